The average molecular weight is 475 g/mol. The van der Waals surface area contributed by atoms with Crippen molar-refractivity contribution in [3.05, 3.63) is 56.6 Å². The zero-order chi connectivity index (χ0) is 25.5. The van der Waals surface area contributed by atoms with Gasteiger partial charge in [-0.15, -0.1) is 0 Å². The Morgan fingerprint density at radius 3 is 1.38 bits per heavy atom. The standard InChI is InChI=1S/C26H34O8/c1-25(2,11-17-13-33-15-21(29)23(17)31)9-7-19(27)5-6-20(28)8-10-26(3,4)12-18-14-34-16-22(30)24(18)32/h13-16,29-30H,5-12H2,1-4H3. The fourth-order valence-corrected chi connectivity index (χ4v) is 3.84. The molecule has 0 radical (unpaired) electrons. The van der Waals surface area contributed by atoms with E-state index in [1.165, 1.54) is 12.5 Å². The Morgan fingerprint density at radius 1 is 0.676 bits per heavy atom. The maximum atomic E-state index is 12.3. The molecule has 34 heavy (non-hydrogen) atoms. The van der Waals surface area contributed by atoms with Crippen LogP contribution in [0.1, 0.15) is 77.3 Å². The highest BCUT2D eigenvalue weighted by molar-refractivity contribution is 5.86. The van der Waals surface area contributed by atoms with Crippen LogP contribution in [0, 0.1) is 10.8 Å². The first kappa shape index (κ1) is 27.1. The van der Waals surface area contributed by atoms with E-state index < -0.39 is 22.4 Å². The summed E-state index contributed by atoms with van der Waals surface area (Å²) in [4.78, 5) is 48.6. The molecule has 186 valence electrons. The van der Waals surface area contributed by atoms with E-state index in [1.54, 1.807) is 0 Å². The second-order valence-corrected chi connectivity index (χ2v) is 10.5. The van der Waals surface area contributed by atoms with Crippen molar-refractivity contribution in [1.82, 2.24) is 0 Å². The van der Waals surface area contributed by atoms with Crippen molar-refractivity contribution < 1.29 is 28.6 Å². The molecule has 8 heteroatoms. The molecule has 2 N–H and O–H groups in total. The van der Waals surface area contributed by atoms with Gasteiger partial charge in [0.1, 0.15) is 24.1 Å². The molecule has 2 aromatic heterocycles. The van der Waals surface area contributed by atoms with E-state index in [0.717, 1.165) is 12.5 Å². The molecule has 0 aliphatic heterocycles. The molecule has 0 amide bonds. The van der Waals surface area contributed by atoms with Crippen LogP contribution >= 0.6 is 0 Å². The number of aromatic hydroxyl groups is 2. The van der Waals surface area contributed by atoms with Crippen LogP contribution in [-0.2, 0) is 22.4 Å². The molecule has 0 spiro atoms. The maximum Gasteiger partial charge on any atom is 0.229 e. The highest BCUT2D eigenvalue weighted by atomic mass is 16.3. The summed E-state index contributed by atoms with van der Waals surface area (Å²) < 4.78 is 9.92. The first-order chi connectivity index (χ1) is 15.8. The van der Waals surface area contributed by atoms with Crippen LogP contribution in [0.15, 0.2) is 43.5 Å². The van der Waals surface area contributed by atoms with Gasteiger partial charge in [0.15, 0.2) is 11.5 Å². The van der Waals surface area contributed by atoms with Crippen LogP contribution in [0.4, 0.5) is 0 Å². The Bertz CT molecular complexity index is 1030. The smallest absolute Gasteiger partial charge is 0.229 e. The summed E-state index contributed by atoms with van der Waals surface area (Å²) >= 11 is 0. The zero-order valence-electron chi connectivity index (χ0n) is 20.3. The Morgan fingerprint density at radius 2 is 1.03 bits per heavy atom. The van der Waals surface area contributed by atoms with Gasteiger partial charge in [-0.25, -0.2) is 0 Å². The van der Waals surface area contributed by atoms with Crippen LogP contribution < -0.4 is 10.9 Å². The van der Waals surface area contributed by atoms with Gasteiger partial charge in [0.2, 0.25) is 10.9 Å². The van der Waals surface area contributed by atoms with E-state index in [1.807, 2.05) is 27.7 Å². The lowest BCUT2D eigenvalue weighted by atomic mass is 9.80. The predicted octanol–water partition coefficient (Wildman–Crippen LogP) is 4.32. The summed E-state index contributed by atoms with van der Waals surface area (Å²) in [5, 5.41) is 19.0. The van der Waals surface area contributed by atoms with E-state index in [-0.39, 0.29) is 35.2 Å². The van der Waals surface area contributed by atoms with Gasteiger partial charge in [0.25, 0.3) is 0 Å². The van der Waals surface area contributed by atoms with Crippen molar-refractivity contribution in [2.75, 3.05) is 0 Å². The molecule has 2 heterocycles. The van der Waals surface area contributed by atoms with E-state index in [4.69, 9.17) is 8.83 Å². The van der Waals surface area contributed by atoms with Crippen molar-refractivity contribution in [3.63, 3.8) is 0 Å². The van der Waals surface area contributed by atoms with Crippen molar-refractivity contribution in [2.24, 2.45) is 10.8 Å². The van der Waals surface area contributed by atoms with Crippen LogP contribution in [0.5, 0.6) is 11.5 Å². The minimum absolute atomic E-state index is 0.0130. The normalized spacial score (nSPS) is 12.0. The molecule has 0 aliphatic rings. The fraction of sp³-hybridized carbons (Fsp3) is 0.538. The Kier molecular flexibility index (Phi) is 9.01. The lowest BCUT2D eigenvalue weighted by molar-refractivity contribution is -0.124. The van der Waals surface area contributed by atoms with Crippen molar-refractivity contribution >= 4 is 11.6 Å². The summed E-state index contributed by atoms with van der Waals surface area (Å²) in [6, 6.07) is 0. The zero-order valence-corrected chi connectivity index (χ0v) is 20.3. The molecule has 2 aromatic rings. The summed E-state index contributed by atoms with van der Waals surface area (Å²) in [5.74, 6) is -0.894. The molecular formula is C26H34O8. The molecule has 0 fully saturated rings. The van der Waals surface area contributed by atoms with Gasteiger partial charge in [0.05, 0.1) is 12.5 Å². The van der Waals surface area contributed by atoms with Crippen LogP contribution in [0.25, 0.3) is 0 Å². The third kappa shape index (κ3) is 8.32. The highest BCUT2D eigenvalue weighted by Crippen LogP contribution is 2.29. The van der Waals surface area contributed by atoms with Crippen LogP contribution in [0.2, 0.25) is 0 Å². The molecule has 0 unspecified atom stereocenters. The van der Waals surface area contributed by atoms with Gasteiger partial charge in [-0.2, -0.15) is 0 Å². The van der Waals surface area contributed by atoms with Crippen molar-refractivity contribution in [1.29, 1.82) is 0 Å². The topological polar surface area (TPSA) is 135 Å². The van der Waals surface area contributed by atoms with Gasteiger partial charge in [-0.05, 0) is 36.5 Å². The van der Waals surface area contributed by atoms with E-state index in [2.05, 4.69) is 0 Å². The first-order valence-corrected chi connectivity index (χ1v) is 11.4. The van der Waals surface area contributed by atoms with Gasteiger partial charge >= 0.3 is 0 Å². The molecule has 0 aromatic carbocycles. The molecule has 2 rings (SSSR count). The highest BCUT2D eigenvalue weighted by Gasteiger charge is 2.24. The second-order valence-electron chi connectivity index (χ2n) is 10.5. The van der Waals surface area contributed by atoms with Gasteiger partial charge in [-0.1, -0.05) is 27.7 Å². The maximum absolute atomic E-state index is 12.3. The number of Topliss-reactive ketones (excluding diaryl/α,β-unsaturated/α-hetero) is 2. The third-order valence-corrected chi connectivity index (χ3v) is 6.01. The summed E-state index contributed by atoms with van der Waals surface area (Å²) in [5.41, 5.74) is -0.930. The quantitative estimate of drug-likeness (QED) is 0.438. The lowest BCUT2D eigenvalue weighted by Crippen LogP contribution is -2.22. The SMILES string of the molecule is CC(C)(CCC(=O)CCC(=O)CCC(C)(C)Cc1cocc(O)c1=O)Cc1cocc(O)c1=O. The lowest BCUT2D eigenvalue weighted by Gasteiger charge is -2.24. The number of carbonyl (C=O) groups excluding carboxylic acids is 2. The Labute approximate surface area is 198 Å². The molecule has 0 aliphatic carbocycles. The monoisotopic (exact) mass is 474 g/mol. The molecule has 0 bridgehead atoms. The van der Waals surface area contributed by atoms with E-state index >= 15 is 0 Å². The van der Waals surface area contributed by atoms with E-state index in [9.17, 15) is 29.4 Å². The molecular weight excluding hydrogens is 440 g/mol. The third-order valence-electron chi connectivity index (χ3n) is 6.01. The minimum atomic E-state index is -0.468. The number of carbonyl (C=O) groups is 2. The Hall–Kier alpha value is -3.16. The average Bonchev–Trinajstić information content (AvgIpc) is 2.76. The number of hydrogen-bond acceptors (Lipinski definition) is 8. The van der Waals surface area contributed by atoms with Crippen molar-refractivity contribution in [2.45, 2.75) is 79.1 Å². The largest absolute Gasteiger partial charge is 0.502 e. The number of hydrogen-bond donors (Lipinski definition) is 2. The molecule has 0 atom stereocenters. The number of ketones is 2. The molecule has 0 saturated heterocycles. The predicted molar refractivity (Wildman–Crippen MR) is 126 cm³/mol. The van der Waals surface area contributed by atoms with E-state index in [0.29, 0.717) is 49.7 Å². The molecule has 0 saturated carbocycles. The first-order valence-electron chi connectivity index (χ1n) is 11.4. The minimum Gasteiger partial charge on any atom is -0.502 e. The van der Waals surface area contributed by atoms with Gasteiger partial charge in [-0.3, -0.25) is 19.2 Å². The Balaban J connectivity index is 1.76. The summed E-state index contributed by atoms with van der Waals surface area (Å²) in [6.07, 6.45) is 7.34. The van der Waals surface area contributed by atoms with Crippen LogP contribution in [-0.4, -0.2) is 21.8 Å². The van der Waals surface area contributed by atoms with Gasteiger partial charge < -0.3 is 19.0 Å². The fourth-order valence-electron chi connectivity index (χ4n) is 3.84. The number of rotatable bonds is 13. The van der Waals surface area contributed by atoms with Crippen molar-refractivity contribution in [3.8, 4) is 11.5 Å². The summed E-state index contributed by atoms with van der Waals surface area (Å²) in [6.45, 7) is 7.74. The molecule has 8 nitrogen and oxygen atoms in total. The second kappa shape index (κ2) is 11.3. The van der Waals surface area contributed by atoms with Crippen LogP contribution in [0.3, 0.4) is 0 Å². The summed E-state index contributed by atoms with van der Waals surface area (Å²) in [7, 11) is 0. The van der Waals surface area contributed by atoms with Gasteiger partial charge in [0, 0.05) is 36.8 Å².